The van der Waals surface area contributed by atoms with E-state index < -0.39 is 15.9 Å². The van der Waals surface area contributed by atoms with Crippen LogP contribution in [-0.2, 0) is 21.4 Å². The normalized spacial score (nSPS) is 11.9. The molecule has 0 fully saturated rings. The van der Waals surface area contributed by atoms with Crippen LogP contribution >= 0.6 is 0 Å². The molecule has 3 rings (SSSR count). The van der Waals surface area contributed by atoms with Crippen LogP contribution in [0.4, 0.5) is 5.69 Å². The number of para-hydroxylation sites is 1. The highest BCUT2D eigenvalue weighted by atomic mass is 32.2. The fraction of sp³-hybridized carbons (Fsp3) is 0.211. The summed E-state index contributed by atoms with van der Waals surface area (Å²) >= 11 is 0. The highest BCUT2D eigenvalue weighted by Gasteiger charge is 2.22. The van der Waals surface area contributed by atoms with Crippen LogP contribution in [0, 0.1) is 0 Å². The monoisotopic (exact) mass is 388 g/mol. The standard InChI is InChI=1S/C19H20N2O5S/c1-21(2)27(23,24)14-8-6-7-13(11-14)20-19(22)18-16(12-25-3)15-9-4-5-10-17(15)26-18/h4-11H,12H2,1-3H3,(H,20,22). The van der Waals surface area contributed by atoms with Crippen molar-refractivity contribution >= 4 is 32.6 Å². The number of ether oxygens (including phenoxy) is 1. The molecule has 0 saturated carbocycles. The Hall–Kier alpha value is -2.68. The molecule has 27 heavy (non-hydrogen) atoms. The van der Waals surface area contributed by atoms with Crippen molar-refractivity contribution in [3.63, 3.8) is 0 Å². The molecule has 2 aromatic carbocycles. The number of nitrogens with one attached hydrogen (secondary N) is 1. The number of hydrogen-bond donors (Lipinski definition) is 1. The van der Waals surface area contributed by atoms with Gasteiger partial charge in [0.2, 0.25) is 10.0 Å². The summed E-state index contributed by atoms with van der Waals surface area (Å²) in [5, 5.41) is 3.50. The Kier molecular flexibility index (Phi) is 5.31. The first-order valence-electron chi connectivity index (χ1n) is 8.18. The molecule has 0 aliphatic heterocycles. The van der Waals surface area contributed by atoms with Gasteiger partial charge < -0.3 is 14.5 Å². The molecule has 7 nitrogen and oxygen atoms in total. The van der Waals surface area contributed by atoms with Crippen LogP contribution in [0.2, 0.25) is 0 Å². The molecule has 0 atom stereocenters. The number of methoxy groups -OCH3 is 1. The quantitative estimate of drug-likeness (QED) is 0.701. The summed E-state index contributed by atoms with van der Waals surface area (Å²) in [6.07, 6.45) is 0. The minimum atomic E-state index is -3.60. The maximum atomic E-state index is 12.8. The average Bonchev–Trinajstić information content (AvgIpc) is 3.01. The zero-order chi connectivity index (χ0) is 19.6. The molecular formula is C19H20N2O5S. The zero-order valence-corrected chi connectivity index (χ0v) is 16.0. The third kappa shape index (κ3) is 3.73. The lowest BCUT2D eigenvalue weighted by molar-refractivity contribution is 0.0992. The van der Waals surface area contributed by atoms with E-state index in [1.807, 2.05) is 18.2 Å². The van der Waals surface area contributed by atoms with E-state index in [0.717, 1.165) is 9.69 Å². The fourth-order valence-electron chi connectivity index (χ4n) is 2.70. The Morgan fingerprint density at radius 2 is 1.89 bits per heavy atom. The van der Waals surface area contributed by atoms with Crippen LogP contribution in [-0.4, -0.2) is 39.8 Å². The first-order chi connectivity index (χ1) is 12.8. The molecule has 0 spiro atoms. The van der Waals surface area contributed by atoms with Crippen LogP contribution in [0.1, 0.15) is 16.1 Å². The zero-order valence-electron chi connectivity index (χ0n) is 15.2. The molecule has 8 heteroatoms. The van der Waals surface area contributed by atoms with E-state index in [9.17, 15) is 13.2 Å². The van der Waals surface area contributed by atoms with Crippen molar-refractivity contribution in [2.45, 2.75) is 11.5 Å². The third-order valence-corrected chi connectivity index (χ3v) is 5.87. The van der Waals surface area contributed by atoms with Crippen molar-refractivity contribution in [1.29, 1.82) is 0 Å². The van der Waals surface area contributed by atoms with Gasteiger partial charge in [-0.25, -0.2) is 12.7 Å². The van der Waals surface area contributed by atoms with Gasteiger partial charge in [0.1, 0.15) is 5.58 Å². The first-order valence-corrected chi connectivity index (χ1v) is 9.62. The van der Waals surface area contributed by atoms with E-state index in [1.165, 1.54) is 26.2 Å². The fourth-order valence-corrected chi connectivity index (χ4v) is 3.65. The van der Waals surface area contributed by atoms with Gasteiger partial charge in [-0.1, -0.05) is 24.3 Å². The van der Waals surface area contributed by atoms with Crippen LogP contribution in [0.15, 0.2) is 57.8 Å². The van der Waals surface area contributed by atoms with Crippen LogP contribution < -0.4 is 5.32 Å². The molecule has 0 radical (unpaired) electrons. The van der Waals surface area contributed by atoms with Gasteiger partial charge in [-0.2, -0.15) is 0 Å². The number of amides is 1. The molecule has 0 saturated heterocycles. The Labute approximate surface area is 157 Å². The molecule has 1 N–H and O–H groups in total. The number of furan rings is 1. The topological polar surface area (TPSA) is 88.8 Å². The van der Waals surface area contributed by atoms with Gasteiger partial charge in [0.05, 0.1) is 11.5 Å². The maximum absolute atomic E-state index is 12.8. The van der Waals surface area contributed by atoms with Gasteiger partial charge in [-0.15, -0.1) is 0 Å². The minimum Gasteiger partial charge on any atom is -0.451 e. The van der Waals surface area contributed by atoms with E-state index >= 15 is 0 Å². The predicted octanol–water partition coefficient (Wildman–Crippen LogP) is 3.08. The molecule has 0 bridgehead atoms. The smallest absolute Gasteiger partial charge is 0.291 e. The summed E-state index contributed by atoms with van der Waals surface area (Å²) in [5.74, 6) is -0.337. The Morgan fingerprint density at radius 1 is 1.15 bits per heavy atom. The number of carbonyl (C=O) groups excluding carboxylic acids is 1. The number of nitrogens with zero attached hydrogens (tertiary/aromatic N) is 1. The number of sulfonamides is 1. The summed E-state index contributed by atoms with van der Waals surface area (Å²) in [6.45, 7) is 0.217. The van der Waals surface area contributed by atoms with Gasteiger partial charge >= 0.3 is 0 Å². The first kappa shape index (κ1) is 19.1. The molecule has 0 aliphatic rings. The van der Waals surface area contributed by atoms with Crippen molar-refractivity contribution in [2.75, 3.05) is 26.5 Å². The predicted molar refractivity (Wildman–Crippen MR) is 102 cm³/mol. The molecule has 1 amide bonds. The van der Waals surface area contributed by atoms with E-state index in [0.29, 0.717) is 16.8 Å². The van der Waals surface area contributed by atoms with Crippen molar-refractivity contribution in [2.24, 2.45) is 0 Å². The summed E-state index contributed by atoms with van der Waals surface area (Å²) < 4.78 is 36.6. The molecule has 0 unspecified atom stereocenters. The number of anilines is 1. The number of rotatable bonds is 6. The average molecular weight is 388 g/mol. The molecule has 0 aliphatic carbocycles. The summed E-state index contributed by atoms with van der Waals surface area (Å²) in [5.41, 5.74) is 1.58. The van der Waals surface area contributed by atoms with Crippen molar-refractivity contribution in [1.82, 2.24) is 4.31 Å². The number of carbonyl (C=O) groups is 1. The SMILES string of the molecule is COCc1c(C(=O)Nc2cccc(S(=O)(=O)N(C)C)c2)oc2ccccc12. The summed E-state index contributed by atoms with van der Waals surface area (Å²) in [7, 11) is 0.843. The number of benzene rings is 2. The van der Waals surface area contributed by atoms with E-state index in [-0.39, 0.29) is 17.3 Å². The lowest BCUT2D eigenvalue weighted by Crippen LogP contribution is -2.22. The molecular weight excluding hydrogens is 368 g/mol. The van der Waals surface area contributed by atoms with Crippen LogP contribution in [0.5, 0.6) is 0 Å². The van der Waals surface area contributed by atoms with Gasteiger partial charge in [0.15, 0.2) is 5.76 Å². The maximum Gasteiger partial charge on any atom is 0.291 e. The Bertz CT molecular complexity index is 1090. The second-order valence-corrected chi connectivity index (χ2v) is 8.26. The highest BCUT2D eigenvalue weighted by Crippen LogP contribution is 2.27. The molecule has 142 valence electrons. The number of hydrogen-bond acceptors (Lipinski definition) is 5. The highest BCUT2D eigenvalue weighted by molar-refractivity contribution is 7.89. The van der Waals surface area contributed by atoms with Gasteiger partial charge in [0.25, 0.3) is 5.91 Å². The van der Waals surface area contributed by atoms with Gasteiger partial charge in [-0.05, 0) is 24.3 Å². The van der Waals surface area contributed by atoms with Crippen molar-refractivity contribution in [3.05, 3.63) is 59.9 Å². The third-order valence-electron chi connectivity index (χ3n) is 4.06. The Morgan fingerprint density at radius 3 is 2.59 bits per heavy atom. The molecule has 3 aromatic rings. The second kappa shape index (κ2) is 7.51. The largest absolute Gasteiger partial charge is 0.451 e. The van der Waals surface area contributed by atoms with Gasteiger partial charge in [-0.3, -0.25) is 4.79 Å². The Balaban J connectivity index is 1.95. The van der Waals surface area contributed by atoms with Gasteiger partial charge in [0, 0.05) is 37.8 Å². The number of fused-ring (bicyclic) bond motifs is 1. The van der Waals surface area contributed by atoms with E-state index in [4.69, 9.17) is 9.15 Å². The summed E-state index contributed by atoms with van der Waals surface area (Å²) in [6, 6.07) is 13.4. The molecule has 1 heterocycles. The lowest BCUT2D eigenvalue weighted by Gasteiger charge is -2.12. The summed E-state index contributed by atoms with van der Waals surface area (Å²) in [4.78, 5) is 12.8. The van der Waals surface area contributed by atoms with Crippen LogP contribution in [0.25, 0.3) is 11.0 Å². The van der Waals surface area contributed by atoms with Crippen molar-refractivity contribution in [3.8, 4) is 0 Å². The minimum absolute atomic E-state index is 0.0898. The van der Waals surface area contributed by atoms with E-state index in [1.54, 1.807) is 25.3 Å². The second-order valence-electron chi connectivity index (χ2n) is 6.11. The molecule has 1 aromatic heterocycles. The van der Waals surface area contributed by atoms with Crippen molar-refractivity contribution < 1.29 is 22.4 Å². The van der Waals surface area contributed by atoms with Crippen LogP contribution in [0.3, 0.4) is 0 Å². The van der Waals surface area contributed by atoms with E-state index in [2.05, 4.69) is 5.32 Å². The lowest BCUT2D eigenvalue weighted by atomic mass is 10.1.